The fourth-order valence-corrected chi connectivity index (χ4v) is 9.18. The van der Waals surface area contributed by atoms with Crippen LogP contribution in [0.3, 0.4) is 0 Å². The SMILES string of the molecule is c1ccc(-c2c(-c3ccccc3)c3cc(N(c4ccccc4)c4cccc(-c5cccc6c5sc5ccccc56)c4)ccc3c3ccccc23)cc1. The highest BCUT2D eigenvalue weighted by molar-refractivity contribution is 7.26. The van der Waals surface area contributed by atoms with E-state index < -0.39 is 0 Å². The van der Waals surface area contributed by atoms with Gasteiger partial charge in [0.15, 0.2) is 0 Å². The van der Waals surface area contributed by atoms with Crippen molar-refractivity contribution >= 4 is 70.1 Å². The van der Waals surface area contributed by atoms with E-state index in [1.54, 1.807) is 0 Å². The molecular formula is C50H33NS. The first-order chi connectivity index (χ1) is 25.8. The molecule has 1 heterocycles. The van der Waals surface area contributed by atoms with Crippen molar-refractivity contribution in [2.45, 2.75) is 0 Å². The Kier molecular flexibility index (Phi) is 7.41. The summed E-state index contributed by atoms with van der Waals surface area (Å²) in [6.45, 7) is 0. The summed E-state index contributed by atoms with van der Waals surface area (Å²) in [5.74, 6) is 0. The molecule has 10 aromatic rings. The van der Waals surface area contributed by atoms with Gasteiger partial charge in [-0.15, -0.1) is 11.3 Å². The van der Waals surface area contributed by atoms with E-state index in [4.69, 9.17) is 0 Å². The number of hydrogen-bond acceptors (Lipinski definition) is 2. The first kappa shape index (κ1) is 30.4. The number of nitrogens with zero attached hydrogens (tertiary/aromatic N) is 1. The number of rotatable bonds is 6. The van der Waals surface area contributed by atoms with E-state index in [1.165, 1.54) is 75.1 Å². The first-order valence-corrected chi connectivity index (χ1v) is 18.6. The first-order valence-electron chi connectivity index (χ1n) is 17.8. The van der Waals surface area contributed by atoms with E-state index in [1.807, 2.05) is 11.3 Å². The predicted octanol–water partition coefficient (Wildman–Crippen LogP) is 14.8. The molecule has 1 nitrogen and oxygen atoms in total. The Morgan fingerprint density at radius 1 is 0.308 bits per heavy atom. The lowest BCUT2D eigenvalue weighted by atomic mass is 9.85. The molecule has 2 heteroatoms. The van der Waals surface area contributed by atoms with E-state index in [2.05, 4.69) is 205 Å². The van der Waals surface area contributed by atoms with Crippen molar-refractivity contribution in [3.8, 4) is 33.4 Å². The summed E-state index contributed by atoms with van der Waals surface area (Å²) in [4.78, 5) is 2.40. The Labute approximate surface area is 307 Å². The molecule has 0 amide bonds. The van der Waals surface area contributed by atoms with Gasteiger partial charge in [0.25, 0.3) is 0 Å². The molecule has 244 valence electrons. The average Bonchev–Trinajstić information content (AvgIpc) is 3.61. The standard InChI is InChI=1S/C50H33NS/c1-4-16-34(17-5-1)48-44-26-11-10-24-41(44)42-31-30-39(33-46(42)49(48)35-18-6-2-7-19-35)51(37-21-8-3-9-22-37)38-23-14-20-36(32-38)40-27-15-28-45-43-25-12-13-29-47(43)52-50(40)45/h1-33H. The van der Waals surface area contributed by atoms with Crippen molar-refractivity contribution in [1.29, 1.82) is 0 Å². The zero-order valence-electron chi connectivity index (χ0n) is 28.4. The normalized spacial score (nSPS) is 11.5. The van der Waals surface area contributed by atoms with Gasteiger partial charge in [-0.05, 0) is 97.4 Å². The predicted molar refractivity (Wildman–Crippen MR) is 225 cm³/mol. The van der Waals surface area contributed by atoms with E-state index in [0.29, 0.717) is 0 Å². The monoisotopic (exact) mass is 679 g/mol. The third kappa shape index (κ3) is 5.07. The summed E-state index contributed by atoms with van der Waals surface area (Å²) >= 11 is 1.88. The summed E-state index contributed by atoms with van der Waals surface area (Å²) in [6, 6.07) is 72.9. The molecule has 1 aromatic heterocycles. The van der Waals surface area contributed by atoms with Crippen LogP contribution in [0, 0.1) is 0 Å². The van der Waals surface area contributed by atoms with Gasteiger partial charge in [-0.2, -0.15) is 0 Å². The van der Waals surface area contributed by atoms with Crippen molar-refractivity contribution < 1.29 is 0 Å². The summed E-state index contributed by atoms with van der Waals surface area (Å²) in [6.07, 6.45) is 0. The number of fused-ring (bicyclic) bond motifs is 6. The highest BCUT2D eigenvalue weighted by Gasteiger charge is 2.21. The Morgan fingerprint density at radius 3 is 1.58 bits per heavy atom. The van der Waals surface area contributed by atoms with Gasteiger partial charge in [0, 0.05) is 37.2 Å². The third-order valence-corrected chi connectivity index (χ3v) is 11.4. The maximum Gasteiger partial charge on any atom is 0.0468 e. The number of benzene rings is 9. The number of anilines is 3. The van der Waals surface area contributed by atoms with Gasteiger partial charge in [0.1, 0.15) is 0 Å². The molecule has 9 aromatic carbocycles. The second-order valence-corrected chi connectivity index (χ2v) is 14.3. The number of para-hydroxylation sites is 1. The summed E-state index contributed by atoms with van der Waals surface area (Å²) in [5, 5.41) is 7.62. The molecule has 0 aliphatic heterocycles. The Hall–Kier alpha value is -6.48. The van der Waals surface area contributed by atoms with Crippen LogP contribution in [0.1, 0.15) is 0 Å². The van der Waals surface area contributed by atoms with Crippen LogP contribution in [-0.4, -0.2) is 0 Å². The Morgan fingerprint density at radius 2 is 0.827 bits per heavy atom. The minimum absolute atomic E-state index is 1.11. The lowest BCUT2D eigenvalue weighted by Gasteiger charge is -2.27. The fraction of sp³-hybridized carbons (Fsp3) is 0. The van der Waals surface area contributed by atoms with Gasteiger partial charge < -0.3 is 4.90 Å². The average molecular weight is 680 g/mol. The third-order valence-electron chi connectivity index (χ3n) is 10.2. The topological polar surface area (TPSA) is 3.24 Å². The zero-order valence-corrected chi connectivity index (χ0v) is 29.2. The molecule has 0 bridgehead atoms. The van der Waals surface area contributed by atoms with Gasteiger partial charge in [0.05, 0.1) is 0 Å². The van der Waals surface area contributed by atoms with E-state index >= 15 is 0 Å². The maximum atomic E-state index is 2.41. The van der Waals surface area contributed by atoms with Crippen LogP contribution < -0.4 is 4.90 Å². The van der Waals surface area contributed by atoms with Gasteiger partial charge in [-0.25, -0.2) is 0 Å². The largest absolute Gasteiger partial charge is 0.310 e. The molecule has 0 radical (unpaired) electrons. The van der Waals surface area contributed by atoms with Crippen LogP contribution in [0.5, 0.6) is 0 Å². The van der Waals surface area contributed by atoms with Gasteiger partial charge in [-0.1, -0.05) is 158 Å². The maximum absolute atomic E-state index is 2.41. The van der Waals surface area contributed by atoms with E-state index in [0.717, 1.165) is 17.1 Å². The van der Waals surface area contributed by atoms with Crippen LogP contribution in [0.2, 0.25) is 0 Å². The summed E-state index contributed by atoms with van der Waals surface area (Å²) < 4.78 is 2.64. The van der Waals surface area contributed by atoms with E-state index in [-0.39, 0.29) is 0 Å². The summed E-state index contributed by atoms with van der Waals surface area (Å²) in [5.41, 5.74) is 10.7. The molecule has 0 unspecified atom stereocenters. The minimum atomic E-state index is 1.11. The van der Waals surface area contributed by atoms with Crippen LogP contribution in [-0.2, 0) is 0 Å². The zero-order chi connectivity index (χ0) is 34.4. The summed E-state index contributed by atoms with van der Waals surface area (Å²) in [7, 11) is 0. The number of thiophene rings is 1. The van der Waals surface area contributed by atoms with Crippen molar-refractivity contribution in [2.75, 3.05) is 4.90 Å². The molecule has 0 saturated heterocycles. The van der Waals surface area contributed by atoms with Crippen LogP contribution >= 0.6 is 11.3 Å². The highest BCUT2D eigenvalue weighted by Crippen LogP contribution is 2.47. The lowest BCUT2D eigenvalue weighted by molar-refractivity contribution is 1.29. The van der Waals surface area contributed by atoms with Crippen LogP contribution in [0.15, 0.2) is 200 Å². The van der Waals surface area contributed by atoms with Crippen LogP contribution in [0.4, 0.5) is 17.1 Å². The van der Waals surface area contributed by atoms with Gasteiger partial charge in [0.2, 0.25) is 0 Å². The molecule has 0 aliphatic carbocycles. The second-order valence-electron chi connectivity index (χ2n) is 13.3. The smallest absolute Gasteiger partial charge is 0.0468 e. The van der Waals surface area contributed by atoms with Gasteiger partial charge in [-0.3, -0.25) is 0 Å². The molecule has 10 rings (SSSR count). The molecule has 0 atom stereocenters. The Balaban J connectivity index is 1.23. The quantitative estimate of drug-likeness (QED) is 0.158. The molecule has 0 fully saturated rings. The fourth-order valence-electron chi connectivity index (χ4n) is 7.94. The minimum Gasteiger partial charge on any atom is -0.310 e. The molecular weight excluding hydrogens is 647 g/mol. The molecule has 0 N–H and O–H groups in total. The molecule has 52 heavy (non-hydrogen) atoms. The highest BCUT2D eigenvalue weighted by atomic mass is 32.1. The van der Waals surface area contributed by atoms with Crippen molar-refractivity contribution in [1.82, 2.24) is 0 Å². The second kappa shape index (κ2) is 12.7. The van der Waals surface area contributed by atoms with Crippen molar-refractivity contribution in [2.24, 2.45) is 0 Å². The molecule has 0 aliphatic rings. The molecule has 0 saturated carbocycles. The van der Waals surface area contributed by atoms with Crippen LogP contribution in [0.25, 0.3) is 75.1 Å². The van der Waals surface area contributed by atoms with E-state index in [9.17, 15) is 0 Å². The van der Waals surface area contributed by atoms with Crippen molar-refractivity contribution in [3.63, 3.8) is 0 Å². The number of hydrogen-bond donors (Lipinski definition) is 0. The van der Waals surface area contributed by atoms with Gasteiger partial charge >= 0.3 is 0 Å². The molecule has 0 spiro atoms. The Bertz CT molecular complexity index is 2890. The van der Waals surface area contributed by atoms with Crippen molar-refractivity contribution in [3.05, 3.63) is 200 Å². The lowest BCUT2D eigenvalue weighted by Crippen LogP contribution is -2.10.